The van der Waals surface area contributed by atoms with Gasteiger partial charge < -0.3 is 30.3 Å². The number of alkyl carbamates (subject to hydrolysis) is 2. The minimum Gasteiger partial charge on any atom is -0.444 e. The number of rotatable bonds is 14. The molecule has 0 bridgehead atoms. The number of carbonyl (C=O) groups is 2. The average Bonchev–Trinajstić information content (AvgIpc) is 2.86. The summed E-state index contributed by atoms with van der Waals surface area (Å²) in [5.41, 5.74) is 0.550. The van der Waals surface area contributed by atoms with Crippen molar-refractivity contribution in [2.75, 3.05) is 19.6 Å². The predicted octanol–water partition coefficient (Wildman–Crippen LogP) is 4.94. The van der Waals surface area contributed by atoms with E-state index in [2.05, 4.69) is 24.5 Å². The maximum absolute atomic E-state index is 12.7. The lowest BCUT2D eigenvalue weighted by Crippen LogP contribution is -2.54. The summed E-state index contributed by atoms with van der Waals surface area (Å²) in [6.45, 7) is 15.8. The molecule has 0 aromatic heterocycles. The van der Waals surface area contributed by atoms with Gasteiger partial charge in [0.2, 0.25) is 0 Å². The molecular weight excluding hydrogens is 546 g/mol. The molecule has 4 atom stereocenters. The van der Waals surface area contributed by atoms with E-state index in [1.807, 2.05) is 65.6 Å². The Labute approximate surface area is 258 Å². The molecule has 0 aliphatic rings. The number of aliphatic hydroxyl groups is 2. The Hall–Kier alpha value is -3.14. The minimum absolute atomic E-state index is 0.188. The molecule has 0 aliphatic heterocycles. The van der Waals surface area contributed by atoms with E-state index >= 15 is 0 Å². The minimum atomic E-state index is -0.968. The van der Waals surface area contributed by atoms with E-state index in [0.717, 1.165) is 11.1 Å². The third-order valence-corrected chi connectivity index (χ3v) is 6.44. The van der Waals surface area contributed by atoms with Gasteiger partial charge in [0.1, 0.15) is 11.2 Å². The van der Waals surface area contributed by atoms with Crippen LogP contribution in [0.1, 0.15) is 66.5 Å². The fourth-order valence-electron chi connectivity index (χ4n) is 4.74. The molecule has 4 N–H and O–H groups in total. The third kappa shape index (κ3) is 15.2. The van der Waals surface area contributed by atoms with Crippen molar-refractivity contribution >= 4 is 12.2 Å². The van der Waals surface area contributed by atoms with Gasteiger partial charge in [-0.2, -0.15) is 0 Å². The van der Waals surface area contributed by atoms with Gasteiger partial charge in [-0.3, -0.25) is 4.90 Å². The molecule has 9 nitrogen and oxygen atoms in total. The van der Waals surface area contributed by atoms with E-state index in [4.69, 9.17) is 9.47 Å². The summed E-state index contributed by atoms with van der Waals surface area (Å²) >= 11 is 0. The van der Waals surface area contributed by atoms with Gasteiger partial charge in [0.25, 0.3) is 0 Å². The van der Waals surface area contributed by atoms with Crippen LogP contribution in [0.4, 0.5) is 9.59 Å². The van der Waals surface area contributed by atoms with Crippen LogP contribution in [-0.4, -0.2) is 82.4 Å². The van der Waals surface area contributed by atoms with E-state index in [1.54, 1.807) is 41.5 Å². The fraction of sp³-hybridized carbons (Fsp3) is 0.588. The van der Waals surface area contributed by atoms with Gasteiger partial charge in [-0.1, -0.05) is 74.5 Å². The summed E-state index contributed by atoms with van der Waals surface area (Å²) in [5, 5.41) is 28.7. The van der Waals surface area contributed by atoms with Crippen LogP contribution < -0.4 is 10.6 Å². The molecule has 240 valence electrons. The molecule has 0 fully saturated rings. The zero-order valence-electron chi connectivity index (χ0n) is 27.2. The number of hydrogen-bond donors (Lipinski definition) is 4. The van der Waals surface area contributed by atoms with E-state index in [0.29, 0.717) is 19.4 Å². The first-order valence-corrected chi connectivity index (χ1v) is 15.2. The normalized spacial score (nSPS) is 15.0. The summed E-state index contributed by atoms with van der Waals surface area (Å²) in [7, 11) is 0. The number of carbonyl (C=O) groups excluding carboxylic acids is 2. The Morgan fingerprint density at radius 3 is 1.33 bits per heavy atom. The second-order valence-corrected chi connectivity index (χ2v) is 13.6. The van der Waals surface area contributed by atoms with Crippen molar-refractivity contribution in [2.45, 2.75) is 104 Å². The Kier molecular flexibility index (Phi) is 14.0. The third-order valence-electron chi connectivity index (χ3n) is 6.44. The molecule has 43 heavy (non-hydrogen) atoms. The summed E-state index contributed by atoms with van der Waals surface area (Å²) in [5.74, 6) is 0.233. The summed E-state index contributed by atoms with van der Waals surface area (Å²) in [4.78, 5) is 27.4. The lowest BCUT2D eigenvalue weighted by molar-refractivity contribution is 0.0183. The molecule has 2 aromatic rings. The number of benzene rings is 2. The highest BCUT2D eigenvalue weighted by Gasteiger charge is 2.30. The van der Waals surface area contributed by atoms with Gasteiger partial charge in [-0.15, -0.1) is 0 Å². The SMILES string of the molecule is CC(C)CN(C[C@@H](O)[C@H](Cc1ccccc1)NC(=O)OC(C)(C)C)C[C@H](O)[C@@H](Cc1ccccc1)NC(=O)OC(C)(C)C. The first-order valence-electron chi connectivity index (χ1n) is 15.2. The van der Waals surface area contributed by atoms with Crippen molar-refractivity contribution in [1.82, 2.24) is 15.5 Å². The molecular formula is C34H53N3O6. The Morgan fingerprint density at radius 1 is 0.674 bits per heavy atom. The molecule has 0 radical (unpaired) electrons. The molecule has 0 saturated heterocycles. The molecule has 0 unspecified atom stereocenters. The van der Waals surface area contributed by atoms with Crippen LogP contribution >= 0.6 is 0 Å². The largest absolute Gasteiger partial charge is 0.444 e. The van der Waals surface area contributed by atoms with Gasteiger partial charge >= 0.3 is 12.2 Å². The van der Waals surface area contributed by atoms with Gasteiger partial charge in [-0.25, -0.2) is 9.59 Å². The Morgan fingerprint density at radius 2 is 1.02 bits per heavy atom. The lowest BCUT2D eigenvalue weighted by atomic mass is 9.98. The zero-order chi connectivity index (χ0) is 32.2. The lowest BCUT2D eigenvalue weighted by Gasteiger charge is -2.34. The van der Waals surface area contributed by atoms with Crippen molar-refractivity contribution in [2.24, 2.45) is 5.92 Å². The number of amides is 2. The molecule has 2 rings (SSSR count). The maximum atomic E-state index is 12.7. The predicted molar refractivity (Wildman–Crippen MR) is 170 cm³/mol. The van der Waals surface area contributed by atoms with Crippen LogP contribution in [0.15, 0.2) is 60.7 Å². The second-order valence-electron chi connectivity index (χ2n) is 13.6. The highest BCUT2D eigenvalue weighted by molar-refractivity contribution is 5.68. The van der Waals surface area contributed by atoms with E-state index in [-0.39, 0.29) is 19.0 Å². The van der Waals surface area contributed by atoms with Crippen molar-refractivity contribution in [3.05, 3.63) is 71.8 Å². The van der Waals surface area contributed by atoms with Gasteiger partial charge in [-0.05, 0) is 71.4 Å². The van der Waals surface area contributed by atoms with Crippen molar-refractivity contribution < 1.29 is 29.3 Å². The topological polar surface area (TPSA) is 120 Å². The highest BCUT2D eigenvalue weighted by atomic mass is 16.6. The molecule has 0 heterocycles. The summed E-state index contributed by atoms with van der Waals surface area (Å²) in [6, 6.07) is 18.0. The quantitative estimate of drug-likeness (QED) is 0.243. The molecule has 2 aromatic carbocycles. The van der Waals surface area contributed by atoms with E-state index in [1.165, 1.54) is 0 Å². The standard InChI is InChI=1S/C34H53N3O6/c1-24(2)21-37(22-29(38)27(19-25-15-11-9-12-16-25)35-31(40)42-33(3,4)5)23-30(39)28(20-26-17-13-10-14-18-26)36-32(41)43-34(6,7)8/h9-18,24,27-30,38-39H,19-23H2,1-8H3,(H,35,40)(H,36,41)/t27-,28+,29+,30-. The fourth-order valence-corrected chi connectivity index (χ4v) is 4.74. The molecule has 0 aliphatic carbocycles. The van der Waals surface area contributed by atoms with Crippen molar-refractivity contribution in [3.8, 4) is 0 Å². The van der Waals surface area contributed by atoms with Crippen molar-refractivity contribution in [1.29, 1.82) is 0 Å². The van der Waals surface area contributed by atoms with Gasteiger partial charge in [0.05, 0.1) is 24.3 Å². The number of hydrogen-bond acceptors (Lipinski definition) is 7. The van der Waals surface area contributed by atoms with Crippen LogP contribution in [0, 0.1) is 5.92 Å². The average molecular weight is 600 g/mol. The molecule has 2 amide bonds. The van der Waals surface area contributed by atoms with Crippen LogP contribution in [0.3, 0.4) is 0 Å². The molecule has 9 heteroatoms. The number of aliphatic hydroxyl groups excluding tert-OH is 2. The van der Waals surface area contributed by atoms with Crippen LogP contribution in [0.2, 0.25) is 0 Å². The first kappa shape index (κ1) is 36.1. The second kappa shape index (κ2) is 16.6. The monoisotopic (exact) mass is 599 g/mol. The summed E-state index contributed by atoms with van der Waals surface area (Å²) in [6.07, 6.45) is -2.35. The van der Waals surface area contributed by atoms with Crippen LogP contribution in [0.5, 0.6) is 0 Å². The molecule has 0 spiro atoms. The number of nitrogens with one attached hydrogen (secondary N) is 2. The number of nitrogens with zero attached hydrogens (tertiary/aromatic N) is 1. The summed E-state index contributed by atoms with van der Waals surface area (Å²) < 4.78 is 11.0. The Bertz CT molecular complexity index is 1020. The first-order chi connectivity index (χ1) is 20.0. The van der Waals surface area contributed by atoms with E-state index < -0.39 is 47.7 Å². The maximum Gasteiger partial charge on any atom is 0.407 e. The van der Waals surface area contributed by atoms with Crippen molar-refractivity contribution in [3.63, 3.8) is 0 Å². The van der Waals surface area contributed by atoms with Crippen LogP contribution in [-0.2, 0) is 22.3 Å². The van der Waals surface area contributed by atoms with E-state index in [9.17, 15) is 19.8 Å². The highest BCUT2D eigenvalue weighted by Crippen LogP contribution is 2.15. The van der Waals surface area contributed by atoms with Gasteiger partial charge in [0, 0.05) is 19.6 Å². The smallest absolute Gasteiger partial charge is 0.407 e. The Balaban J connectivity index is 2.24. The van der Waals surface area contributed by atoms with Gasteiger partial charge in [0.15, 0.2) is 0 Å². The van der Waals surface area contributed by atoms with Crippen LogP contribution in [0.25, 0.3) is 0 Å². The number of ether oxygens (including phenoxy) is 2. The molecule has 0 saturated carbocycles. The zero-order valence-corrected chi connectivity index (χ0v) is 27.2.